The average molecular weight is 364 g/mol. The minimum atomic E-state index is -4.56. The minimum Gasteiger partial charge on any atom is -0.321 e. The third-order valence-electron chi connectivity index (χ3n) is 3.83. The summed E-state index contributed by atoms with van der Waals surface area (Å²) in [7, 11) is -4.56. The molecule has 2 heterocycles. The summed E-state index contributed by atoms with van der Waals surface area (Å²) in [4.78, 5) is 27.8. The van der Waals surface area contributed by atoms with Crippen molar-refractivity contribution in [2.24, 2.45) is 10.2 Å². The normalized spacial score (nSPS) is 12.2. The van der Waals surface area contributed by atoms with E-state index in [1.165, 1.54) is 6.07 Å². The zero-order valence-corrected chi connectivity index (χ0v) is 14.3. The zero-order valence-electron chi connectivity index (χ0n) is 13.4. The lowest BCUT2D eigenvalue weighted by atomic mass is 10.2. The number of para-hydroxylation sites is 2. The van der Waals surface area contributed by atoms with Crippen molar-refractivity contribution < 1.29 is 14.4 Å². The first-order valence-electron chi connectivity index (χ1n) is 7.74. The number of pyridine rings is 2. The Bertz CT molecular complexity index is 1200. The van der Waals surface area contributed by atoms with E-state index >= 15 is 0 Å². The van der Waals surface area contributed by atoms with E-state index in [0.717, 1.165) is 10.9 Å². The lowest BCUT2D eigenvalue weighted by molar-refractivity contribution is 0.387. The highest BCUT2D eigenvalue weighted by atomic mass is 31.2. The highest BCUT2D eigenvalue weighted by Crippen LogP contribution is 2.38. The van der Waals surface area contributed by atoms with Crippen LogP contribution in [0.4, 0.5) is 11.6 Å². The third-order valence-corrected chi connectivity index (χ3v) is 4.79. The second-order valence-corrected chi connectivity index (χ2v) is 7.20. The summed E-state index contributed by atoms with van der Waals surface area (Å²) in [5.74, 6) is 0.210. The highest BCUT2D eigenvalue weighted by molar-refractivity contribution is 7.60. The second-order valence-electron chi connectivity index (χ2n) is 5.63. The van der Waals surface area contributed by atoms with Gasteiger partial charge in [-0.3, -0.25) is 4.57 Å². The monoisotopic (exact) mass is 364 g/mol. The van der Waals surface area contributed by atoms with Crippen LogP contribution in [-0.2, 0) is 4.57 Å². The average Bonchev–Trinajstić information content (AvgIpc) is 2.64. The van der Waals surface area contributed by atoms with Gasteiger partial charge in [0.15, 0.2) is 11.6 Å². The van der Waals surface area contributed by atoms with Crippen molar-refractivity contribution in [1.82, 2.24) is 9.97 Å². The number of nitrogens with zero attached hydrogens (tertiary/aromatic N) is 4. The fourth-order valence-corrected chi connectivity index (χ4v) is 3.25. The molecule has 0 spiro atoms. The van der Waals surface area contributed by atoms with Gasteiger partial charge < -0.3 is 9.79 Å². The summed E-state index contributed by atoms with van der Waals surface area (Å²) >= 11 is 0. The molecule has 26 heavy (non-hydrogen) atoms. The van der Waals surface area contributed by atoms with E-state index in [4.69, 9.17) is 0 Å². The largest absolute Gasteiger partial charge is 0.360 e. The molecule has 0 atom stereocenters. The van der Waals surface area contributed by atoms with Crippen LogP contribution >= 0.6 is 7.60 Å². The molecule has 0 saturated carbocycles. The van der Waals surface area contributed by atoms with Crippen LogP contribution in [0, 0.1) is 0 Å². The predicted molar refractivity (Wildman–Crippen MR) is 99.3 cm³/mol. The summed E-state index contributed by atoms with van der Waals surface area (Å²) in [5, 5.41) is 9.29. The van der Waals surface area contributed by atoms with Crippen molar-refractivity contribution in [2.75, 3.05) is 0 Å². The zero-order chi connectivity index (χ0) is 18.1. The quantitative estimate of drug-likeness (QED) is 0.422. The van der Waals surface area contributed by atoms with Crippen molar-refractivity contribution >= 4 is 46.3 Å². The highest BCUT2D eigenvalue weighted by Gasteiger charge is 2.23. The van der Waals surface area contributed by atoms with Crippen molar-refractivity contribution in [3.8, 4) is 0 Å². The summed E-state index contributed by atoms with van der Waals surface area (Å²) in [6.45, 7) is 0. The molecule has 4 aromatic rings. The molecular formula is C18H13N4O3P. The summed E-state index contributed by atoms with van der Waals surface area (Å²) in [5.41, 5.74) is 1.33. The standard InChI is InChI=1S/C18H13N4O3P/c23-26(24,25)16-11-13-6-2-4-8-15(13)20-18(16)22-21-17-10-9-12-5-1-3-7-14(12)19-17/h1-11H,(H2,23,24,25). The topological polar surface area (TPSA) is 108 Å². The summed E-state index contributed by atoms with van der Waals surface area (Å²) < 4.78 is 11.8. The van der Waals surface area contributed by atoms with E-state index in [1.807, 2.05) is 30.3 Å². The van der Waals surface area contributed by atoms with Crippen molar-refractivity contribution in [3.63, 3.8) is 0 Å². The smallest absolute Gasteiger partial charge is 0.321 e. The van der Waals surface area contributed by atoms with Gasteiger partial charge in [-0.15, -0.1) is 10.2 Å². The van der Waals surface area contributed by atoms with Crippen molar-refractivity contribution in [3.05, 3.63) is 66.7 Å². The molecule has 2 aromatic carbocycles. The number of rotatable bonds is 3. The maximum absolute atomic E-state index is 11.8. The van der Waals surface area contributed by atoms with E-state index in [9.17, 15) is 14.4 Å². The van der Waals surface area contributed by atoms with E-state index in [1.54, 1.807) is 30.3 Å². The molecule has 0 radical (unpaired) electrons. The van der Waals surface area contributed by atoms with E-state index in [2.05, 4.69) is 20.2 Å². The molecule has 128 valence electrons. The molecule has 2 aromatic heterocycles. The SMILES string of the molecule is O=P(O)(O)c1cc2ccccc2nc1N=Nc1ccc2ccccc2n1. The first-order valence-corrected chi connectivity index (χ1v) is 9.35. The lowest BCUT2D eigenvalue weighted by Crippen LogP contribution is -2.06. The Morgan fingerprint density at radius 1 is 0.769 bits per heavy atom. The molecule has 0 aliphatic heterocycles. The predicted octanol–water partition coefficient (Wildman–Crippen LogP) is 4.00. The van der Waals surface area contributed by atoms with E-state index in [0.29, 0.717) is 16.7 Å². The number of benzene rings is 2. The number of fused-ring (bicyclic) bond motifs is 2. The maximum atomic E-state index is 11.8. The first-order chi connectivity index (χ1) is 12.5. The van der Waals surface area contributed by atoms with Gasteiger partial charge in [0, 0.05) is 10.8 Å². The number of hydrogen-bond donors (Lipinski definition) is 2. The first kappa shape index (κ1) is 16.5. The van der Waals surface area contributed by atoms with Crippen LogP contribution in [0.15, 0.2) is 77.0 Å². The van der Waals surface area contributed by atoms with Crippen molar-refractivity contribution in [1.29, 1.82) is 0 Å². The Morgan fingerprint density at radius 2 is 1.42 bits per heavy atom. The van der Waals surface area contributed by atoms with Crippen LogP contribution < -0.4 is 5.30 Å². The van der Waals surface area contributed by atoms with Gasteiger partial charge in [0.1, 0.15) is 5.30 Å². The van der Waals surface area contributed by atoms with Crippen LogP contribution in [0.5, 0.6) is 0 Å². The van der Waals surface area contributed by atoms with Crippen LogP contribution in [0.1, 0.15) is 0 Å². The van der Waals surface area contributed by atoms with Gasteiger partial charge in [0.05, 0.1) is 11.0 Å². The Balaban J connectivity index is 1.81. The van der Waals surface area contributed by atoms with E-state index < -0.39 is 7.60 Å². The van der Waals surface area contributed by atoms with Gasteiger partial charge in [0.2, 0.25) is 0 Å². The molecule has 4 rings (SSSR count). The Kier molecular flexibility index (Phi) is 4.05. The third kappa shape index (κ3) is 3.23. The molecule has 0 unspecified atom stereocenters. The number of hydrogen-bond acceptors (Lipinski definition) is 5. The number of aromatic nitrogens is 2. The molecule has 0 aliphatic carbocycles. The van der Waals surface area contributed by atoms with Gasteiger partial charge >= 0.3 is 7.60 Å². The molecule has 0 fully saturated rings. The van der Waals surface area contributed by atoms with Gasteiger partial charge in [-0.1, -0.05) is 36.4 Å². The fraction of sp³-hybridized carbons (Fsp3) is 0. The molecule has 0 aliphatic rings. The van der Waals surface area contributed by atoms with Gasteiger partial charge in [0.25, 0.3) is 0 Å². The Labute approximate surface area is 148 Å². The number of azo groups is 1. The Hall–Kier alpha value is -2.99. The Morgan fingerprint density at radius 3 is 2.15 bits per heavy atom. The van der Waals surface area contributed by atoms with Crippen LogP contribution in [0.2, 0.25) is 0 Å². The fourth-order valence-electron chi connectivity index (χ4n) is 2.59. The van der Waals surface area contributed by atoms with Crippen LogP contribution in [0.25, 0.3) is 21.8 Å². The van der Waals surface area contributed by atoms with Gasteiger partial charge in [-0.05, 0) is 30.3 Å². The van der Waals surface area contributed by atoms with Crippen LogP contribution in [0.3, 0.4) is 0 Å². The van der Waals surface area contributed by atoms with Crippen LogP contribution in [-0.4, -0.2) is 19.8 Å². The maximum Gasteiger partial charge on any atom is 0.360 e. The summed E-state index contributed by atoms with van der Waals surface area (Å²) in [6, 6.07) is 19.5. The molecule has 2 N–H and O–H groups in total. The summed E-state index contributed by atoms with van der Waals surface area (Å²) in [6.07, 6.45) is 0. The minimum absolute atomic E-state index is 0.119. The molecular weight excluding hydrogens is 351 g/mol. The second kappa shape index (κ2) is 6.38. The molecule has 0 saturated heterocycles. The van der Waals surface area contributed by atoms with Gasteiger partial charge in [-0.25, -0.2) is 9.97 Å². The lowest BCUT2D eigenvalue weighted by Gasteiger charge is -2.08. The molecule has 0 amide bonds. The molecule has 8 heteroatoms. The molecule has 0 bridgehead atoms. The van der Waals surface area contributed by atoms with Crippen molar-refractivity contribution in [2.45, 2.75) is 0 Å². The van der Waals surface area contributed by atoms with Gasteiger partial charge in [-0.2, -0.15) is 0 Å². The van der Waals surface area contributed by atoms with E-state index in [-0.39, 0.29) is 11.1 Å². The molecule has 7 nitrogen and oxygen atoms in total.